The molecule has 114 valence electrons. The zero-order valence-corrected chi connectivity index (χ0v) is 12.9. The summed E-state index contributed by atoms with van der Waals surface area (Å²) < 4.78 is 0. The molecule has 0 aromatic heterocycles. The van der Waals surface area contributed by atoms with Crippen LogP contribution in [0, 0.1) is 17.3 Å². The molecule has 1 saturated heterocycles. The molecule has 3 unspecified atom stereocenters. The van der Waals surface area contributed by atoms with E-state index in [2.05, 4.69) is 20.8 Å². The van der Waals surface area contributed by atoms with E-state index in [0.29, 0.717) is 12.5 Å². The molecule has 0 aromatic carbocycles. The Hall–Kier alpha value is -1.06. The third-order valence-electron chi connectivity index (χ3n) is 4.91. The van der Waals surface area contributed by atoms with Gasteiger partial charge in [0.2, 0.25) is 5.91 Å². The van der Waals surface area contributed by atoms with Gasteiger partial charge in [-0.25, -0.2) is 0 Å². The number of rotatable bonds is 2. The largest absolute Gasteiger partial charge is 0.481 e. The zero-order valence-electron chi connectivity index (χ0n) is 12.9. The molecule has 1 aliphatic heterocycles. The van der Waals surface area contributed by atoms with E-state index in [9.17, 15) is 9.59 Å². The summed E-state index contributed by atoms with van der Waals surface area (Å²) in [5, 5.41) is 9.16. The van der Waals surface area contributed by atoms with Crippen LogP contribution in [-0.2, 0) is 9.59 Å². The SMILES string of the molecule is CC(C)(C)C1CCCN1C(=O)C1CCCC(C(=O)O)C1. The molecule has 1 saturated carbocycles. The number of hydrogen-bond acceptors (Lipinski definition) is 2. The second kappa shape index (κ2) is 5.74. The van der Waals surface area contributed by atoms with E-state index in [-0.39, 0.29) is 23.2 Å². The maximum Gasteiger partial charge on any atom is 0.306 e. The zero-order chi connectivity index (χ0) is 14.9. The standard InChI is InChI=1S/C16H27NO3/c1-16(2,3)13-8-5-9-17(13)14(18)11-6-4-7-12(10-11)15(19)20/h11-13H,4-10H2,1-3H3,(H,19,20). The molecule has 20 heavy (non-hydrogen) atoms. The molecule has 0 spiro atoms. The van der Waals surface area contributed by atoms with Gasteiger partial charge in [0.25, 0.3) is 0 Å². The van der Waals surface area contributed by atoms with Crippen LogP contribution in [0.4, 0.5) is 0 Å². The Morgan fingerprint density at radius 1 is 1.05 bits per heavy atom. The number of aliphatic carboxylic acids is 1. The van der Waals surface area contributed by atoms with Gasteiger partial charge in [0.1, 0.15) is 0 Å². The van der Waals surface area contributed by atoms with Gasteiger partial charge in [-0.3, -0.25) is 9.59 Å². The maximum atomic E-state index is 12.8. The van der Waals surface area contributed by atoms with E-state index in [0.717, 1.165) is 38.6 Å². The Balaban J connectivity index is 2.05. The first-order chi connectivity index (χ1) is 9.30. The van der Waals surface area contributed by atoms with Crippen LogP contribution in [-0.4, -0.2) is 34.5 Å². The predicted molar refractivity (Wildman–Crippen MR) is 77.3 cm³/mol. The first-order valence-electron chi connectivity index (χ1n) is 7.84. The number of nitrogens with zero attached hydrogens (tertiary/aromatic N) is 1. The second-order valence-corrected chi connectivity index (χ2v) is 7.45. The summed E-state index contributed by atoms with van der Waals surface area (Å²) in [7, 11) is 0. The Morgan fingerprint density at radius 2 is 1.70 bits per heavy atom. The molecule has 2 fully saturated rings. The molecule has 1 N–H and O–H groups in total. The lowest BCUT2D eigenvalue weighted by Gasteiger charge is -2.38. The molecule has 2 rings (SSSR count). The lowest BCUT2D eigenvalue weighted by atomic mass is 9.79. The Bertz CT molecular complexity index is 386. The minimum atomic E-state index is -0.740. The number of likely N-dealkylation sites (tertiary alicyclic amines) is 1. The van der Waals surface area contributed by atoms with Gasteiger partial charge in [0, 0.05) is 18.5 Å². The average Bonchev–Trinajstić information content (AvgIpc) is 2.87. The summed E-state index contributed by atoms with van der Waals surface area (Å²) in [4.78, 5) is 25.9. The molecular weight excluding hydrogens is 254 g/mol. The predicted octanol–water partition coefficient (Wildman–Crippen LogP) is 2.91. The second-order valence-electron chi connectivity index (χ2n) is 7.45. The van der Waals surface area contributed by atoms with Crippen LogP contribution in [0.2, 0.25) is 0 Å². The molecule has 3 atom stereocenters. The van der Waals surface area contributed by atoms with Gasteiger partial charge in [0.05, 0.1) is 5.92 Å². The number of carboxylic acid groups (broad SMARTS) is 1. The summed E-state index contributed by atoms with van der Waals surface area (Å²) in [6.07, 6.45) is 5.12. The van der Waals surface area contributed by atoms with Gasteiger partial charge in [-0.15, -0.1) is 0 Å². The Labute approximate surface area is 121 Å². The van der Waals surface area contributed by atoms with Crippen LogP contribution in [0.3, 0.4) is 0 Å². The van der Waals surface area contributed by atoms with Crippen LogP contribution in [0.15, 0.2) is 0 Å². The quantitative estimate of drug-likeness (QED) is 0.846. The summed E-state index contributed by atoms with van der Waals surface area (Å²) in [6.45, 7) is 7.40. The Kier molecular flexibility index (Phi) is 4.40. The van der Waals surface area contributed by atoms with E-state index in [4.69, 9.17) is 5.11 Å². The number of carbonyl (C=O) groups excluding carboxylic acids is 1. The molecule has 4 nitrogen and oxygen atoms in total. The highest BCUT2D eigenvalue weighted by molar-refractivity contribution is 5.81. The highest BCUT2D eigenvalue weighted by Gasteiger charge is 2.40. The molecule has 0 radical (unpaired) electrons. The molecular formula is C16H27NO3. The first-order valence-corrected chi connectivity index (χ1v) is 7.84. The van der Waals surface area contributed by atoms with Gasteiger partial charge in [0.15, 0.2) is 0 Å². The van der Waals surface area contributed by atoms with E-state index in [1.54, 1.807) is 0 Å². The van der Waals surface area contributed by atoms with Crippen molar-refractivity contribution in [2.45, 2.75) is 65.3 Å². The summed E-state index contributed by atoms with van der Waals surface area (Å²) in [5.41, 5.74) is 0.104. The monoisotopic (exact) mass is 281 g/mol. The van der Waals surface area contributed by atoms with Gasteiger partial charge in [-0.1, -0.05) is 27.2 Å². The molecule has 4 heteroatoms. The van der Waals surface area contributed by atoms with Crippen molar-refractivity contribution in [3.05, 3.63) is 0 Å². The third kappa shape index (κ3) is 3.15. The number of carboxylic acids is 1. The van der Waals surface area contributed by atoms with Gasteiger partial charge >= 0.3 is 5.97 Å². The molecule has 1 aliphatic carbocycles. The number of hydrogen-bond donors (Lipinski definition) is 1. The van der Waals surface area contributed by atoms with Crippen molar-refractivity contribution in [2.75, 3.05) is 6.54 Å². The van der Waals surface area contributed by atoms with E-state index in [1.807, 2.05) is 4.90 Å². The molecule has 0 aromatic rings. The van der Waals surface area contributed by atoms with Crippen molar-refractivity contribution >= 4 is 11.9 Å². The minimum Gasteiger partial charge on any atom is -0.481 e. The van der Waals surface area contributed by atoms with Crippen molar-refractivity contribution in [1.29, 1.82) is 0 Å². The maximum absolute atomic E-state index is 12.8. The van der Waals surface area contributed by atoms with Gasteiger partial charge < -0.3 is 10.0 Å². The fourth-order valence-corrected chi connectivity index (χ4v) is 3.80. The normalized spacial score (nSPS) is 31.4. The van der Waals surface area contributed by atoms with E-state index in [1.165, 1.54) is 0 Å². The van der Waals surface area contributed by atoms with Crippen molar-refractivity contribution < 1.29 is 14.7 Å². The number of carbonyl (C=O) groups is 2. The van der Waals surface area contributed by atoms with Crippen molar-refractivity contribution in [3.63, 3.8) is 0 Å². The average molecular weight is 281 g/mol. The van der Waals surface area contributed by atoms with Crippen LogP contribution in [0.1, 0.15) is 59.3 Å². The summed E-state index contributed by atoms with van der Waals surface area (Å²) in [5.74, 6) is -0.939. The van der Waals surface area contributed by atoms with Crippen LogP contribution < -0.4 is 0 Å². The van der Waals surface area contributed by atoms with E-state index >= 15 is 0 Å². The molecule has 0 bridgehead atoms. The third-order valence-corrected chi connectivity index (χ3v) is 4.91. The highest BCUT2D eigenvalue weighted by Crippen LogP contribution is 2.37. The summed E-state index contributed by atoms with van der Waals surface area (Å²) in [6, 6.07) is 0.306. The van der Waals surface area contributed by atoms with Gasteiger partial charge in [-0.2, -0.15) is 0 Å². The first kappa shape index (κ1) is 15.3. The Morgan fingerprint density at radius 3 is 2.30 bits per heavy atom. The minimum absolute atomic E-state index is 0.0761. The van der Waals surface area contributed by atoms with Crippen molar-refractivity contribution in [1.82, 2.24) is 4.90 Å². The molecule has 1 heterocycles. The summed E-state index contributed by atoms with van der Waals surface area (Å²) >= 11 is 0. The topological polar surface area (TPSA) is 57.6 Å². The highest BCUT2D eigenvalue weighted by atomic mass is 16.4. The smallest absolute Gasteiger partial charge is 0.306 e. The lowest BCUT2D eigenvalue weighted by Crippen LogP contribution is -2.46. The van der Waals surface area contributed by atoms with E-state index < -0.39 is 5.97 Å². The van der Waals surface area contributed by atoms with Crippen molar-refractivity contribution in [2.24, 2.45) is 17.3 Å². The fourth-order valence-electron chi connectivity index (χ4n) is 3.80. The lowest BCUT2D eigenvalue weighted by molar-refractivity contribution is -0.146. The van der Waals surface area contributed by atoms with Crippen molar-refractivity contribution in [3.8, 4) is 0 Å². The van der Waals surface area contributed by atoms with Crippen LogP contribution in [0.25, 0.3) is 0 Å². The van der Waals surface area contributed by atoms with Crippen LogP contribution >= 0.6 is 0 Å². The number of amides is 1. The van der Waals surface area contributed by atoms with Crippen LogP contribution in [0.5, 0.6) is 0 Å². The van der Waals surface area contributed by atoms with Gasteiger partial charge in [-0.05, 0) is 37.5 Å². The molecule has 2 aliphatic rings. The molecule has 1 amide bonds. The fraction of sp³-hybridized carbons (Fsp3) is 0.875.